The van der Waals surface area contributed by atoms with E-state index in [4.69, 9.17) is 0 Å². The van der Waals surface area contributed by atoms with Gasteiger partial charge in [-0.1, -0.05) is 18.2 Å². The first-order valence-electron chi connectivity index (χ1n) is 8.34. The van der Waals surface area contributed by atoms with Crippen LogP contribution in [0.5, 0.6) is 0 Å². The van der Waals surface area contributed by atoms with Gasteiger partial charge in [0.2, 0.25) is 5.91 Å². The fourth-order valence-electron chi connectivity index (χ4n) is 3.03. The number of amides is 1. The molecular weight excluding hydrogens is 372 g/mol. The molecule has 0 atom stereocenters. The van der Waals surface area contributed by atoms with Crippen LogP contribution in [-0.2, 0) is 14.8 Å². The quantitative estimate of drug-likeness (QED) is 0.793. The molecule has 1 aliphatic heterocycles. The molecule has 0 unspecified atom stereocenters. The number of para-hydroxylation sites is 1. The van der Waals surface area contributed by atoms with Gasteiger partial charge in [0.05, 0.1) is 5.69 Å². The third-order valence-corrected chi connectivity index (χ3v) is 7.75. The van der Waals surface area contributed by atoms with Crippen LogP contribution < -0.4 is 5.32 Å². The van der Waals surface area contributed by atoms with Gasteiger partial charge in [0.15, 0.2) is 5.78 Å². The van der Waals surface area contributed by atoms with Crippen LogP contribution in [0.15, 0.2) is 46.0 Å². The standard InChI is InChI=1S/C18H20N2O4S2/c1-13(21)15-5-2-3-6-16(15)19-18(22)14-8-10-20(11-9-14)26(23,24)17-7-4-12-25-17/h2-7,12,14H,8-11H2,1H3,(H,19,22). The van der Waals surface area contributed by atoms with E-state index in [1.54, 1.807) is 41.8 Å². The molecule has 2 aromatic rings. The largest absolute Gasteiger partial charge is 0.325 e. The van der Waals surface area contributed by atoms with Gasteiger partial charge in [-0.15, -0.1) is 11.3 Å². The number of ketones is 1. The number of rotatable bonds is 5. The molecule has 0 saturated carbocycles. The van der Waals surface area contributed by atoms with E-state index in [1.807, 2.05) is 0 Å². The van der Waals surface area contributed by atoms with Crippen molar-refractivity contribution in [2.45, 2.75) is 24.0 Å². The normalized spacial score (nSPS) is 16.3. The maximum absolute atomic E-state index is 12.5. The molecule has 0 bridgehead atoms. The number of anilines is 1. The van der Waals surface area contributed by atoms with E-state index in [1.165, 1.54) is 22.6 Å². The average Bonchev–Trinajstić information content (AvgIpc) is 3.17. The van der Waals surface area contributed by atoms with Crippen molar-refractivity contribution in [2.24, 2.45) is 5.92 Å². The maximum atomic E-state index is 12.5. The Balaban J connectivity index is 1.64. The molecule has 26 heavy (non-hydrogen) atoms. The highest BCUT2D eigenvalue weighted by molar-refractivity contribution is 7.91. The molecule has 1 N–H and O–H groups in total. The highest BCUT2D eigenvalue weighted by atomic mass is 32.2. The molecule has 6 nitrogen and oxygen atoms in total. The lowest BCUT2D eigenvalue weighted by atomic mass is 9.97. The van der Waals surface area contributed by atoms with E-state index in [9.17, 15) is 18.0 Å². The van der Waals surface area contributed by atoms with E-state index < -0.39 is 10.0 Å². The molecule has 0 spiro atoms. The molecule has 2 heterocycles. The number of benzene rings is 1. The number of nitrogens with one attached hydrogen (secondary N) is 1. The Hall–Kier alpha value is -2.03. The molecule has 1 aromatic carbocycles. The predicted molar refractivity (Wildman–Crippen MR) is 101 cm³/mol. The number of Topliss-reactive ketones (excluding diaryl/α,β-unsaturated/α-hetero) is 1. The number of nitrogens with zero attached hydrogens (tertiary/aromatic N) is 1. The molecule has 1 amide bonds. The average molecular weight is 393 g/mol. The van der Waals surface area contributed by atoms with Gasteiger partial charge in [-0.25, -0.2) is 8.42 Å². The number of hydrogen-bond donors (Lipinski definition) is 1. The van der Waals surface area contributed by atoms with Crippen molar-refractivity contribution < 1.29 is 18.0 Å². The fraction of sp³-hybridized carbons (Fsp3) is 0.333. The zero-order valence-electron chi connectivity index (χ0n) is 14.3. The number of carbonyl (C=O) groups is 2. The first-order chi connectivity index (χ1) is 12.4. The molecule has 3 rings (SSSR count). The van der Waals surface area contributed by atoms with Crippen molar-refractivity contribution >= 4 is 38.7 Å². The summed E-state index contributed by atoms with van der Waals surface area (Å²) in [5.41, 5.74) is 0.970. The monoisotopic (exact) mass is 392 g/mol. The van der Waals surface area contributed by atoms with Gasteiger partial charge >= 0.3 is 0 Å². The van der Waals surface area contributed by atoms with E-state index in [0.717, 1.165) is 0 Å². The topological polar surface area (TPSA) is 83.6 Å². The molecule has 0 aliphatic carbocycles. The lowest BCUT2D eigenvalue weighted by Crippen LogP contribution is -2.41. The van der Waals surface area contributed by atoms with Crippen LogP contribution in [0, 0.1) is 5.92 Å². The molecular formula is C18H20N2O4S2. The second kappa shape index (κ2) is 7.69. The van der Waals surface area contributed by atoms with Crippen molar-refractivity contribution in [1.82, 2.24) is 4.31 Å². The van der Waals surface area contributed by atoms with Crippen LogP contribution in [-0.4, -0.2) is 37.5 Å². The Kier molecular flexibility index (Phi) is 5.55. The van der Waals surface area contributed by atoms with Crippen LogP contribution in [0.3, 0.4) is 0 Å². The van der Waals surface area contributed by atoms with Crippen LogP contribution in [0.2, 0.25) is 0 Å². The van der Waals surface area contributed by atoms with Gasteiger partial charge in [-0.05, 0) is 43.3 Å². The number of piperidine rings is 1. The van der Waals surface area contributed by atoms with E-state index in [-0.39, 0.29) is 17.6 Å². The number of sulfonamides is 1. The van der Waals surface area contributed by atoms with Crippen LogP contribution in [0.1, 0.15) is 30.1 Å². The Bertz CT molecular complexity index is 899. The van der Waals surface area contributed by atoms with Crippen LogP contribution >= 0.6 is 11.3 Å². The minimum Gasteiger partial charge on any atom is -0.325 e. The van der Waals surface area contributed by atoms with Gasteiger partial charge in [-0.3, -0.25) is 9.59 Å². The highest BCUT2D eigenvalue weighted by Crippen LogP contribution is 2.27. The zero-order chi connectivity index (χ0) is 18.7. The van der Waals surface area contributed by atoms with E-state index in [2.05, 4.69) is 5.32 Å². The SMILES string of the molecule is CC(=O)c1ccccc1NC(=O)C1CCN(S(=O)(=O)c2cccs2)CC1. The van der Waals surface area contributed by atoms with Gasteiger partial charge < -0.3 is 5.32 Å². The van der Waals surface area contributed by atoms with Gasteiger partial charge in [-0.2, -0.15) is 4.31 Å². The smallest absolute Gasteiger partial charge is 0.252 e. The second-order valence-electron chi connectivity index (χ2n) is 6.20. The Labute approximate surface area is 156 Å². The first kappa shape index (κ1) is 18.8. The Morgan fingerprint density at radius 2 is 1.81 bits per heavy atom. The summed E-state index contributed by atoms with van der Waals surface area (Å²) in [6, 6.07) is 10.2. The van der Waals surface area contributed by atoms with Crippen LogP contribution in [0.25, 0.3) is 0 Å². The number of hydrogen-bond acceptors (Lipinski definition) is 5. The van der Waals surface area contributed by atoms with E-state index >= 15 is 0 Å². The summed E-state index contributed by atoms with van der Waals surface area (Å²) in [4.78, 5) is 24.2. The lowest BCUT2D eigenvalue weighted by Gasteiger charge is -2.30. The molecule has 0 radical (unpaired) electrons. The third-order valence-electron chi connectivity index (χ3n) is 4.48. The molecule has 138 valence electrons. The number of thiophene rings is 1. The highest BCUT2D eigenvalue weighted by Gasteiger charge is 2.32. The first-order valence-corrected chi connectivity index (χ1v) is 10.7. The van der Waals surface area contributed by atoms with Crippen LogP contribution in [0.4, 0.5) is 5.69 Å². The second-order valence-corrected chi connectivity index (χ2v) is 9.31. The Morgan fingerprint density at radius 3 is 2.42 bits per heavy atom. The van der Waals surface area contributed by atoms with Crippen molar-refractivity contribution in [2.75, 3.05) is 18.4 Å². The van der Waals surface area contributed by atoms with Crippen molar-refractivity contribution in [3.63, 3.8) is 0 Å². The zero-order valence-corrected chi connectivity index (χ0v) is 16.0. The van der Waals surface area contributed by atoms with Gasteiger partial charge in [0.25, 0.3) is 10.0 Å². The third kappa shape index (κ3) is 3.87. The fourth-order valence-corrected chi connectivity index (χ4v) is 5.64. The molecule has 1 aromatic heterocycles. The molecule has 8 heteroatoms. The van der Waals surface area contributed by atoms with E-state index in [0.29, 0.717) is 41.4 Å². The van der Waals surface area contributed by atoms with Crippen molar-refractivity contribution in [3.8, 4) is 0 Å². The van der Waals surface area contributed by atoms with Crippen molar-refractivity contribution in [1.29, 1.82) is 0 Å². The Morgan fingerprint density at radius 1 is 1.12 bits per heavy atom. The summed E-state index contributed by atoms with van der Waals surface area (Å²) in [6.45, 7) is 2.08. The molecule has 1 fully saturated rings. The predicted octanol–water partition coefficient (Wildman–Crippen LogP) is 2.99. The van der Waals surface area contributed by atoms with Gasteiger partial charge in [0.1, 0.15) is 4.21 Å². The van der Waals surface area contributed by atoms with Crippen molar-refractivity contribution in [3.05, 3.63) is 47.3 Å². The van der Waals surface area contributed by atoms with Gasteiger partial charge in [0, 0.05) is 24.6 Å². The minimum atomic E-state index is -3.47. The lowest BCUT2D eigenvalue weighted by molar-refractivity contribution is -0.120. The summed E-state index contributed by atoms with van der Waals surface area (Å²) >= 11 is 1.20. The molecule has 1 aliphatic rings. The molecule has 1 saturated heterocycles. The summed E-state index contributed by atoms with van der Waals surface area (Å²) < 4.78 is 26.8. The summed E-state index contributed by atoms with van der Waals surface area (Å²) in [6.07, 6.45) is 0.914. The minimum absolute atomic E-state index is 0.113. The summed E-state index contributed by atoms with van der Waals surface area (Å²) in [5, 5.41) is 4.55. The maximum Gasteiger partial charge on any atom is 0.252 e. The summed E-state index contributed by atoms with van der Waals surface area (Å²) in [5.74, 6) is -0.561. The summed E-state index contributed by atoms with van der Waals surface area (Å²) in [7, 11) is -3.47. The number of carbonyl (C=O) groups excluding carboxylic acids is 2.